The van der Waals surface area contributed by atoms with Gasteiger partial charge >= 0.3 is 0 Å². The first-order valence-electron chi connectivity index (χ1n) is 5.62. The van der Waals surface area contributed by atoms with E-state index < -0.39 is 0 Å². The van der Waals surface area contributed by atoms with Gasteiger partial charge in [-0.1, -0.05) is 48.9 Å². The standard InChI is InChI=1S/C14H16N2S/c1-2-17-16-10-9-15-14-8-7-12-5-3-4-6-13(12)11-14/h2-8,11,15-16H,1,9-10H2. The molecule has 3 heteroatoms. The Morgan fingerprint density at radius 3 is 2.71 bits per heavy atom. The van der Waals surface area contributed by atoms with Crippen LogP contribution in [0.1, 0.15) is 0 Å². The molecule has 2 aromatic rings. The molecular formula is C14H16N2S. The lowest BCUT2D eigenvalue weighted by Gasteiger charge is -2.07. The Balaban J connectivity index is 1.92. The Bertz CT molecular complexity index is 496. The second-order valence-corrected chi connectivity index (χ2v) is 4.53. The molecule has 0 fully saturated rings. The zero-order valence-corrected chi connectivity index (χ0v) is 10.5. The van der Waals surface area contributed by atoms with Gasteiger partial charge in [-0.25, -0.2) is 0 Å². The van der Waals surface area contributed by atoms with Crippen molar-refractivity contribution in [2.75, 3.05) is 18.4 Å². The van der Waals surface area contributed by atoms with Crippen molar-refractivity contribution in [3.63, 3.8) is 0 Å². The van der Waals surface area contributed by atoms with E-state index >= 15 is 0 Å². The fourth-order valence-electron chi connectivity index (χ4n) is 1.68. The molecule has 0 atom stereocenters. The molecule has 0 unspecified atom stereocenters. The minimum Gasteiger partial charge on any atom is -0.384 e. The van der Waals surface area contributed by atoms with Gasteiger partial charge in [-0.2, -0.15) is 0 Å². The third-order valence-electron chi connectivity index (χ3n) is 2.47. The molecule has 0 aliphatic rings. The van der Waals surface area contributed by atoms with Crippen LogP contribution in [0.2, 0.25) is 0 Å². The molecule has 0 spiro atoms. The lowest BCUT2D eigenvalue weighted by atomic mass is 10.1. The number of rotatable bonds is 6. The van der Waals surface area contributed by atoms with Gasteiger partial charge < -0.3 is 5.32 Å². The Kier molecular flexibility index (Phi) is 4.47. The molecule has 0 saturated heterocycles. The van der Waals surface area contributed by atoms with E-state index in [0.29, 0.717) is 0 Å². The Morgan fingerprint density at radius 1 is 1.06 bits per heavy atom. The van der Waals surface area contributed by atoms with Crippen molar-refractivity contribution in [2.45, 2.75) is 0 Å². The minimum atomic E-state index is 0.902. The van der Waals surface area contributed by atoms with Crippen LogP contribution in [-0.4, -0.2) is 13.1 Å². The fraction of sp³-hybridized carbons (Fsp3) is 0.143. The third kappa shape index (κ3) is 3.51. The fourth-order valence-corrected chi connectivity index (χ4v) is 2.01. The normalized spacial score (nSPS) is 10.4. The summed E-state index contributed by atoms with van der Waals surface area (Å²) in [6.45, 7) is 5.44. The van der Waals surface area contributed by atoms with Crippen LogP contribution in [0.5, 0.6) is 0 Å². The van der Waals surface area contributed by atoms with Gasteiger partial charge in [0.2, 0.25) is 0 Å². The molecule has 2 N–H and O–H groups in total. The number of anilines is 1. The zero-order chi connectivity index (χ0) is 11.9. The number of benzene rings is 2. The lowest BCUT2D eigenvalue weighted by Crippen LogP contribution is -2.15. The summed E-state index contributed by atoms with van der Waals surface area (Å²) in [5, 5.41) is 7.72. The smallest absolute Gasteiger partial charge is 0.0347 e. The summed E-state index contributed by atoms with van der Waals surface area (Å²) < 4.78 is 3.18. The maximum Gasteiger partial charge on any atom is 0.0347 e. The minimum absolute atomic E-state index is 0.902. The van der Waals surface area contributed by atoms with Gasteiger partial charge in [0.1, 0.15) is 0 Å². The van der Waals surface area contributed by atoms with Crippen LogP contribution in [0, 0.1) is 0 Å². The molecule has 0 heterocycles. The molecule has 17 heavy (non-hydrogen) atoms. The summed E-state index contributed by atoms with van der Waals surface area (Å²) in [5.74, 6) is 0. The average molecular weight is 244 g/mol. The molecule has 0 radical (unpaired) electrons. The first-order chi connectivity index (χ1) is 8.40. The largest absolute Gasteiger partial charge is 0.384 e. The third-order valence-corrected chi connectivity index (χ3v) is 3.01. The van der Waals surface area contributed by atoms with E-state index in [0.717, 1.165) is 18.8 Å². The van der Waals surface area contributed by atoms with E-state index in [4.69, 9.17) is 0 Å². The highest BCUT2D eigenvalue weighted by atomic mass is 32.2. The Morgan fingerprint density at radius 2 is 1.88 bits per heavy atom. The van der Waals surface area contributed by atoms with E-state index in [9.17, 15) is 0 Å². The second-order valence-electron chi connectivity index (χ2n) is 3.67. The predicted molar refractivity (Wildman–Crippen MR) is 78.2 cm³/mol. The van der Waals surface area contributed by atoms with Crippen molar-refractivity contribution in [1.29, 1.82) is 0 Å². The first-order valence-corrected chi connectivity index (χ1v) is 6.50. The molecule has 0 aliphatic heterocycles. The predicted octanol–water partition coefficient (Wildman–Crippen LogP) is 3.63. The maximum absolute atomic E-state index is 3.63. The monoisotopic (exact) mass is 244 g/mol. The summed E-state index contributed by atoms with van der Waals surface area (Å²) in [4.78, 5) is 0. The lowest BCUT2D eigenvalue weighted by molar-refractivity contribution is 0.959. The van der Waals surface area contributed by atoms with Gasteiger partial charge in [0.15, 0.2) is 0 Å². The van der Waals surface area contributed by atoms with Crippen LogP contribution in [0.15, 0.2) is 54.5 Å². The molecule has 0 bridgehead atoms. The number of fused-ring (bicyclic) bond motifs is 1. The maximum atomic E-state index is 3.63. The van der Waals surface area contributed by atoms with E-state index in [1.54, 1.807) is 5.41 Å². The van der Waals surface area contributed by atoms with E-state index in [1.165, 1.54) is 22.7 Å². The number of nitrogens with one attached hydrogen (secondary N) is 2. The molecule has 0 amide bonds. The van der Waals surface area contributed by atoms with E-state index in [2.05, 4.69) is 59.1 Å². The van der Waals surface area contributed by atoms with Crippen molar-refractivity contribution >= 4 is 28.4 Å². The van der Waals surface area contributed by atoms with Gasteiger partial charge in [0.05, 0.1) is 0 Å². The van der Waals surface area contributed by atoms with Crippen molar-refractivity contribution in [3.05, 3.63) is 54.5 Å². The molecule has 0 aliphatic carbocycles. The van der Waals surface area contributed by atoms with Crippen LogP contribution in [-0.2, 0) is 0 Å². The quantitative estimate of drug-likeness (QED) is 0.599. The van der Waals surface area contributed by atoms with Gasteiger partial charge in [0, 0.05) is 18.8 Å². The summed E-state index contributed by atoms with van der Waals surface area (Å²) in [7, 11) is 0. The summed E-state index contributed by atoms with van der Waals surface area (Å²) in [5.41, 5.74) is 1.16. The Labute approximate surface area is 106 Å². The average Bonchev–Trinajstić information content (AvgIpc) is 2.38. The van der Waals surface area contributed by atoms with Gasteiger partial charge in [0.25, 0.3) is 0 Å². The van der Waals surface area contributed by atoms with Crippen molar-refractivity contribution < 1.29 is 0 Å². The Hall–Kier alpha value is -1.45. The summed E-state index contributed by atoms with van der Waals surface area (Å²) in [6.07, 6.45) is 0. The van der Waals surface area contributed by atoms with Crippen LogP contribution < -0.4 is 10.0 Å². The topological polar surface area (TPSA) is 24.1 Å². The second kappa shape index (κ2) is 6.33. The number of hydrogen-bond acceptors (Lipinski definition) is 3. The highest BCUT2D eigenvalue weighted by Crippen LogP contribution is 2.18. The van der Waals surface area contributed by atoms with Crippen molar-refractivity contribution in [1.82, 2.24) is 4.72 Å². The van der Waals surface area contributed by atoms with Crippen molar-refractivity contribution in [2.24, 2.45) is 0 Å². The van der Waals surface area contributed by atoms with Gasteiger partial charge in [-0.3, -0.25) is 4.72 Å². The van der Waals surface area contributed by atoms with Crippen LogP contribution in [0.25, 0.3) is 10.8 Å². The van der Waals surface area contributed by atoms with E-state index in [1.807, 2.05) is 0 Å². The van der Waals surface area contributed by atoms with E-state index in [-0.39, 0.29) is 0 Å². The highest BCUT2D eigenvalue weighted by molar-refractivity contribution is 8.00. The van der Waals surface area contributed by atoms with Crippen LogP contribution >= 0.6 is 11.9 Å². The highest BCUT2D eigenvalue weighted by Gasteiger charge is 1.94. The van der Waals surface area contributed by atoms with Gasteiger partial charge in [-0.05, 0) is 28.3 Å². The van der Waals surface area contributed by atoms with Crippen molar-refractivity contribution in [3.8, 4) is 0 Å². The summed E-state index contributed by atoms with van der Waals surface area (Å²) >= 11 is 1.52. The molecule has 0 aromatic heterocycles. The summed E-state index contributed by atoms with van der Waals surface area (Å²) in [6, 6.07) is 14.8. The van der Waals surface area contributed by atoms with Crippen LogP contribution in [0.3, 0.4) is 0 Å². The molecule has 0 saturated carbocycles. The molecule has 2 aromatic carbocycles. The first kappa shape index (κ1) is 12.0. The molecule has 2 rings (SSSR count). The number of hydrogen-bond donors (Lipinski definition) is 2. The molecule has 88 valence electrons. The molecular weight excluding hydrogens is 228 g/mol. The zero-order valence-electron chi connectivity index (χ0n) is 9.65. The van der Waals surface area contributed by atoms with Gasteiger partial charge in [-0.15, -0.1) is 0 Å². The SMILES string of the molecule is C=CSNCCNc1ccc2ccccc2c1. The van der Waals surface area contributed by atoms with Crippen LogP contribution in [0.4, 0.5) is 5.69 Å². The molecule has 2 nitrogen and oxygen atoms in total.